The van der Waals surface area contributed by atoms with Crippen molar-refractivity contribution in [1.82, 2.24) is 0 Å². The Labute approximate surface area is 136 Å². The molecule has 2 N–H and O–H groups in total. The highest BCUT2D eigenvalue weighted by Crippen LogP contribution is 2.14. The van der Waals surface area contributed by atoms with E-state index in [0.717, 1.165) is 23.5 Å². The van der Waals surface area contributed by atoms with Crippen molar-refractivity contribution in [3.63, 3.8) is 0 Å². The van der Waals surface area contributed by atoms with E-state index in [4.69, 9.17) is 0 Å². The molecule has 22 heavy (non-hydrogen) atoms. The molecular weight excluding hydrogens is 324 g/mol. The Morgan fingerprint density at radius 1 is 0.773 bits per heavy atom. The third-order valence-corrected chi connectivity index (χ3v) is 3.89. The predicted octanol–water partition coefficient (Wildman–Crippen LogP) is 2.12. The first kappa shape index (κ1) is 18.2. The first-order valence-corrected chi connectivity index (χ1v) is 8.30. The van der Waals surface area contributed by atoms with Gasteiger partial charge in [0.05, 0.1) is 11.5 Å². The third-order valence-electron chi connectivity index (χ3n) is 2.27. The number of rotatable bonds is 6. The van der Waals surface area contributed by atoms with E-state index in [1.807, 2.05) is 0 Å². The first-order valence-electron chi connectivity index (χ1n) is 6.33. The fraction of sp³-hybridized carbons (Fsp3) is 0.286. The summed E-state index contributed by atoms with van der Waals surface area (Å²) in [5.74, 6) is -0.406. The first-order chi connectivity index (χ1) is 10.4. The van der Waals surface area contributed by atoms with E-state index in [9.17, 15) is 19.2 Å². The number of thioether (sulfide) groups is 2. The summed E-state index contributed by atoms with van der Waals surface area (Å²) in [4.78, 5) is 44.6. The molecule has 8 heteroatoms. The number of carbonyl (C=O) groups excluding carboxylic acids is 4. The average molecular weight is 340 g/mol. The minimum Gasteiger partial charge on any atom is -0.325 e. The third kappa shape index (κ3) is 7.84. The van der Waals surface area contributed by atoms with E-state index in [1.165, 1.54) is 13.8 Å². The van der Waals surface area contributed by atoms with Crippen molar-refractivity contribution in [3.05, 3.63) is 24.3 Å². The van der Waals surface area contributed by atoms with Crippen molar-refractivity contribution in [3.8, 4) is 0 Å². The van der Waals surface area contributed by atoms with Crippen molar-refractivity contribution in [2.24, 2.45) is 0 Å². The van der Waals surface area contributed by atoms with Gasteiger partial charge in [0.1, 0.15) is 0 Å². The van der Waals surface area contributed by atoms with Gasteiger partial charge >= 0.3 is 0 Å². The lowest BCUT2D eigenvalue weighted by atomic mass is 10.3. The largest absolute Gasteiger partial charge is 0.325 e. The molecule has 0 unspecified atom stereocenters. The average Bonchev–Trinajstić information content (AvgIpc) is 2.45. The second-order valence-electron chi connectivity index (χ2n) is 4.23. The Morgan fingerprint density at radius 2 is 1.09 bits per heavy atom. The lowest BCUT2D eigenvalue weighted by Gasteiger charge is -2.07. The normalized spacial score (nSPS) is 9.91. The lowest BCUT2D eigenvalue weighted by molar-refractivity contribution is -0.114. The molecule has 0 spiro atoms. The van der Waals surface area contributed by atoms with Crippen LogP contribution in [0.2, 0.25) is 0 Å². The highest BCUT2D eigenvalue weighted by Gasteiger charge is 2.06. The predicted molar refractivity (Wildman–Crippen MR) is 90.0 cm³/mol. The standard InChI is InChI=1S/C14H16N2O4S2/c1-9(17)21-7-13(19)15-11-3-5-12(6-4-11)16-14(20)8-22-10(2)18/h3-6H,7-8H2,1-2H3,(H,15,19)(H,16,20). The Bertz CT molecular complexity index is 522. The maximum Gasteiger partial charge on any atom is 0.234 e. The van der Waals surface area contributed by atoms with Crippen molar-refractivity contribution < 1.29 is 19.2 Å². The van der Waals surface area contributed by atoms with E-state index in [-0.39, 0.29) is 33.6 Å². The fourth-order valence-electron chi connectivity index (χ4n) is 1.37. The highest BCUT2D eigenvalue weighted by atomic mass is 32.2. The van der Waals surface area contributed by atoms with Gasteiger partial charge in [-0.05, 0) is 24.3 Å². The lowest BCUT2D eigenvalue weighted by Crippen LogP contribution is -2.16. The maximum atomic E-state index is 11.5. The number of benzene rings is 1. The van der Waals surface area contributed by atoms with Gasteiger partial charge in [-0.2, -0.15) is 0 Å². The second kappa shape index (κ2) is 9.26. The van der Waals surface area contributed by atoms with E-state index >= 15 is 0 Å². The van der Waals surface area contributed by atoms with Crippen molar-refractivity contribution >= 4 is 56.9 Å². The van der Waals surface area contributed by atoms with Gasteiger partial charge in [-0.15, -0.1) is 0 Å². The van der Waals surface area contributed by atoms with Gasteiger partial charge in [0.25, 0.3) is 0 Å². The summed E-state index contributed by atoms with van der Waals surface area (Å²) in [6, 6.07) is 6.57. The minimum atomic E-state index is -0.269. The molecule has 0 aromatic heterocycles. The smallest absolute Gasteiger partial charge is 0.234 e. The molecule has 0 aliphatic rings. The molecule has 1 aromatic rings. The fourth-order valence-corrected chi connectivity index (χ4v) is 2.18. The van der Waals surface area contributed by atoms with E-state index < -0.39 is 0 Å². The molecule has 1 aromatic carbocycles. The minimum absolute atomic E-state index is 0.0656. The van der Waals surface area contributed by atoms with Gasteiger partial charge in [-0.25, -0.2) is 0 Å². The molecule has 0 saturated carbocycles. The molecule has 0 fully saturated rings. The Morgan fingerprint density at radius 3 is 1.36 bits per heavy atom. The van der Waals surface area contributed by atoms with Gasteiger partial charge in [0.2, 0.25) is 11.8 Å². The zero-order chi connectivity index (χ0) is 16.5. The molecule has 0 radical (unpaired) electrons. The van der Waals surface area contributed by atoms with E-state index in [1.54, 1.807) is 24.3 Å². The molecule has 1 rings (SSSR count). The van der Waals surface area contributed by atoms with Crippen LogP contribution < -0.4 is 10.6 Å². The van der Waals surface area contributed by atoms with Crippen LogP contribution in [0.4, 0.5) is 11.4 Å². The highest BCUT2D eigenvalue weighted by molar-refractivity contribution is 8.14. The number of nitrogens with one attached hydrogen (secondary N) is 2. The second-order valence-corrected chi connectivity index (χ2v) is 6.54. The number of amides is 2. The van der Waals surface area contributed by atoms with Crippen molar-refractivity contribution in [1.29, 1.82) is 0 Å². The summed E-state index contributed by atoms with van der Waals surface area (Å²) in [6.45, 7) is 2.81. The van der Waals surface area contributed by atoms with Crippen LogP contribution in [-0.4, -0.2) is 33.6 Å². The molecule has 0 aliphatic heterocycles. The molecule has 0 bridgehead atoms. The van der Waals surface area contributed by atoms with Crippen LogP contribution in [0.15, 0.2) is 24.3 Å². The van der Waals surface area contributed by atoms with Gasteiger partial charge in [0.15, 0.2) is 10.2 Å². The number of carbonyl (C=O) groups is 4. The molecule has 0 saturated heterocycles. The number of hydrogen-bond donors (Lipinski definition) is 2. The molecule has 118 valence electrons. The summed E-state index contributed by atoms with van der Waals surface area (Å²) in [5.41, 5.74) is 1.15. The Hall–Kier alpha value is -1.80. The molecule has 6 nitrogen and oxygen atoms in total. The number of hydrogen-bond acceptors (Lipinski definition) is 6. The molecular formula is C14H16N2O4S2. The zero-order valence-corrected chi connectivity index (χ0v) is 13.8. The summed E-state index contributed by atoms with van der Waals surface area (Å²) in [5, 5.41) is 5.06. The number of anilines is 2. The summed E-state index contributed by atoms with van der Waals surface area (Å²) >= 11 is 1.88. The van der Waals surface area contributed by atoms with Crippen LogP contribution in [0.5, 0.6) is 0 Å². The maximum absolute atomic E-state index is 11.5. The monoisotopic (exact) mass is 340 g/mol. The van der Waals surface area contributed by atoms with Gasteiger partial charge in [0, 0.05) is 25.2 Å². The van der Waals surface area contributed by atoms with Crippen LogP contribution >= 0.6 is 23.5 Å². The quantitative estimate of drug-likeness (QED) is 0.824. The van der Waals surface area contributed by atoms with Crippen LogP contribution in [0.25, 0.3) is 0 Å². The zero-order valence-electron chi connectivity index (χ0n) is 12.2. The molecule has 0 heterocycles. The SMILES string of the molecule is CC(=O)SCC(=O)Nc1ccc(NC(=O)CSC(C)=O)cc1. The van der Waals surface area contributed by atoms with Gasteiger partial charge < -0.3 is 10.6 Å². The molecule has 0 aliphatic carbocycles. The molecule has 2 amide bonds. The summed E-state index contributed by atoms with van der Waals surface area (Å²) < 4.78 is 0. The summed E-state index contributed by atoms with van der Waals surface area (Å²) in [7, 11) is 0. The van der Waals surface area contributed by atoms with Crippen molar-refractivity contribution in [2.75, 3.05) is 22.1 Å². The van der Waals surface area contributed by atoms with Crippen LogP contribution in [-0.2, 0) is 19.2 Å². The van der Waals surface area contributed by atoms with Crippen LogP contribution in [0.1, 0.15) is 13.8 Å². The van der Waals surface area contributed by atoms with Gasteiger partial charge in [-0.1, -0.05) is 23.5 Å². The summed E-state index contributed by atoms with van der Waals surface area (Å²) in [6.07, 6.45) is 0. The van der Waals surface area contributed by atoms with Crippen LogP contribution in [0.3, 0.4) is 0 Å². The van der Waals surface area contributed by atoms with E-state index in [0.29, 0.717) is 11.4 Å². The van der Waals surface area contributed by atoms with E-state index in [2.05, 4.69) is 10.6 Å². The Kier molecular flexibility index (Phi) is 7.69. The van der Waals surface area contributed by atoms with Gasteiger partial charge in [-0.3, -0.25) is 19.2 Å². The van der Waals surface area contributed by atoms with Crippen molar-refractivity contribution in [2.45, 2.75) is 13.8 Å². The molecule has 0 atom stereocenters. The van der Waals surface area contributed by atoms with Crippen LogP contribution in [0, 0.1) is 0 Å². The topological polar surface area (TPSA) is 92.3 Å². The Balaban J connectivity index is 2.45.